The minimum absolute atomic E-state index is 0.0209. The lowest BCUT2D eigenvalue weighted by Gasteiger charge is -2.08. The van der Waals surface area contributed by atoms with Gasteiger partial charge in [0.05, 0.1) is 0 Å². The average Bonchev–Trinajstić information content (AvgIpc) is 2.37. The fraction of sp³-hybridized carbons (Fsp3) is 0.0833. The lowest BCUT2D eigenvalue weighted by Crippen LogP contribution is -2.02. The van der Waals surface area contributed by atoms with Gasteiger partial charge in [0.2, 0.25) is 5.88 Å². The number of halogens is 2. The first kappa shape index (κ1) is 14.1. The van der Waals surface area contributed by atoms with E-state index in [1.54, 1.807) is 24.3 Å². The molecule has 0 radical (unpaired) electrons. The first-order chi connectivity index (χ1) is 8.97. The van der Waals surface area contributed by atoms with Gasteiger partial charge in [0.25, 0.3) is 9.05 Å². The number of pyridine rings is 1. The van der Waals surface area contributed by atoms with Crippen molar-refractivity contribution >= 4 is 31.3 Å². The van der Waals surface area contributed by atoms with E-state index in [1.807, 2.05) is 0 Å². The van der Waals surface area contributed by atoms with Crippen molar-refractivity contribution in [2.75, 3.05) is 0 Å². The molecule has 2 aromatic rings. The number of benzene rings is 1. The highest BCUT2D eigenvalue weighted by Gasteiger charge is 2.17. The molecule has 100 valence electrons. The van der Waals surface area contributed by atoms with E-state index in [0.717, 1.165) is 5.56 Å². The minimum atomic E-state index is -3.88. The Hall–Kier alpha value is -1.30. The third-order valence-corrected chi connectivity index (χ3v) is 3.87. The molecule has 19 heavy (non-hydrogen) atoms. The van der Waals surface area contributed by atoms with E-state index >= 15 is 0 Å². The quantitative estimate of drug-likeness (QED) is 0.812. The molecular weight excluding hydrogens is 309 g/mol. The van der Waals surface area contributed by atoms with E-state index in [-0.39, 0.29) is 17.4 Å². The molecule has 2 rings (SSSR count). The summed E-state index contributed by atoms with van der Waals surface area (Å²) >= 11 is 5.76. The number of rotatable bonds is 4. The number of hydrogen-bond donors (Lipinski definition) is 0. The van der Waals surface area contributed by atoms with Gasteiger partial charge in [0.15, 0.2) is 0 Å². The first-order valence-electron chi connectivity index (χ1n) is 5.24. The number of ether oxygens (including phenoxy) is 1. The molecule has 1 aromatic carbocycles. The molecule has 0 saturated carbocycles. The van der Waals surface area contributed by atoms with Gasteiger partial charge in [-0.3, -0.25) is 0 Å². The highest BCUT2D eigenvalue weighted by molar-refractivity contribution is 8.13. The predicted octanol–water partition coefficient (Wildman–Crippen LogP) is 3.24. The minimum Gasteiger partial charge on any atom is -0.472 e. The fourth-order valence-electron chi connectivity index (χ4n) is 1.40. The maximum atomic E-state index is 11.3. The van der Waals surface area contributed by atoms with Crippen LogP contribution in [0.15, 0.2) is 47.5 Å². The Bertz CT molecular complexity index is 672. The lowest BCUT2D eigenvalue weighted by molar-refractivity contribution is 0.285. The smallest absolute Gasteiger partial charge is 0.266 e. The number of nitrogens with zero attached hydrogens (tertiary/aromatic N) is 1. The zero-order valence-corrected chi connectivity index (χ0v) is 11.9. The molecule has 1 heterocycles. The van der Waals surface area contributed by atoms with Gasteiger partial charge in [-0.25, -0.2) is 13.4 Å². The van der Waals surface area contributed by atoms with Crippen LogP contribution >= 0.6 is 22.3 Å². The molecule has 0 N–H and O–H groups in total. The van der Waals surface area contributed by atoms with Gasteiger partial charge in [-0.15, -0.1) is 0 Å². The van der Waals surface area contributed by atoms with Gasteiger partial charge in [-0.05, 0) is 29.8 Å². The molecule has 0 unspecified atom stereocenters. The summed E-state index contributed by atoms with van der Waals surface area (Å²) < 4.78 is 28.0. The Morgan fingerprint density at radius 1 is 1.16 bits per heavy atom. The van der Waals surface area contributed by atoms with Crippen molar-refractivity contribution in [2.24, 2.45) is 0 Å². The largest absolute Gasteiger partial charge is 0.472 e. The Morgan fingerprint density at radius 2 is 1.84 bits per heavy atom. The first-order valence-corrected chi connectivity index (χ1v) is 7.92. The van der Waals surface area contributed by atoms with Gasteiger partial charge in [-0.2, -0.15) is 0 Å². The third kappa shape index (κ3) is 3.83. The van der Waals surface area contributed by atoms with Crippen LogP contribution in [0.5, 0.6) is 5.88 Å². The molecule has 0 aliphatic carbocycles. The van der Waals surface area contributed by atoms with Crippen LogP contribution in [0.1, 0.15) is 5.56 Å². The Labute approximate surface area is 120 Å². The predicted molar refractivity (Wildman–Crippen MR) is 73.1 cm³/mol. The summed E-state index contributed by atoms with van der Waals surface area (Å²) in [5.74, 6) is -0.0209. The molecule has 1 aromatic heterocycles. The van der Waals surface area contributed by atoms with Crippen LogP contribution < -0.4 is 4.74 Å². The van der Waals surface area contributed by atoms with Crippen LogP contribution in [0.4, 0.5) is 0 Å². The van der Waals surface area contributed by atoms with Crippen LogP contribution in [-0.2, 0) is 15.7 Å². The Morgan fingerprint density at radius 3 is 2.47 bits per heavy atom. The lowest BCUT2D eigenvalue weighted by atomic mass is 10.2. The highest BCUT2D eigenvalue weighted by Crippen LogP contribution is 2.24. The molecule has 0 bridgehead atoms. The van der Waals surface area contributed by atoms with Crippen molar-refractivity contribution in [3.8, 4) is 5.88 Å². The summed E-state index contributed by atoms with van der Waals surface area (Å²) in [6, 6.07) is 9.81. The second-order valence-corrected chi connectivity index (χ2v) is 6.63. The van der Waals surface area contributed by atoms with E-state index < -0.39 is 9.05 Å². The van der Waals surface area contributed by atoms with Crippen molar-refractivity contribution in [3.05, 3.63) is 53.2 Å². The van der Waals surface area contributed by atoms with Crippen LogP contribution in [0, 0.1) is 0 Å². The van der Waals surface area contributed by atoms with Crippen LogP contribution in [-0.4, -0.2) is 13.4 Å². The summed E-state index contributed by atoms with van der Waals surface area (Å²) in [6.07, 6.45) is 1.43. The van der Waals surface area contributed by atoms with Gasteiger partial charge >= 0.3 is 0 Å². The second-order valence-electron chi connectivity index (χ2n) is 3.66. The van der Waals surface area contributed by atoms with E-state index in [9.17, 15) is 8.42 Å². The zero-order valence-electron chi connectivity index (χ0n) is 9.58. The molecule has 4 nitrogen and oxygen atoms in total. The van der Waals surface area contributed by atoms with Crippen LogP contribution in [0.2, 0.25) is 5.02 Å². The number of hydrogen-bond acceptors (Lipinski definition) is 4. The fourth-order valence-corrected chi connectivity index (χ4v) is 2.44. The van der Waals surface area contributed by atoms with Crippen molar-refractivity contribution in [1.82, 2.24) is 4.98 Å². The SMILES string of the molecule is O=S(=O)(Cl)c1cccnc1OCc1ccc(Cl)cc1. The van der Waals surface area contributed by atoms with Crippen LogP contribution in [0.3, 0.4) is 0 Å². The van der Waals surface area contributed by atoms with E-state index in [4.69, 9.17) is 27.0 Å². The van der Waals surface area contributed by atoms with Gasteiger partial charge < -0.3 is 4.74 Å². The maximum Gasteiger partial charge on any atom is 0.266 e. The maximum absolute atomic E-state index is 11.3. The van der Waals surface area contributed by atoms with Crippen molar-refractivity contribution in [1.29, 1.82) is 0 Å². The molecule has 0 aliphatic rings. The molecule has 0 fully saturated rings. The van der Waals surface area contributed by atoms with Gasteiger partial charge in [0.1, 0.15) is 11.5 Å². The van der Waals surface area contributed by atoms with Crippen molar-refractivity contribution < 1.29 is 13.2 Å². The Kier molecular flexibility index (Phi) is 4.29. The van der Waals surface area contributed by atoms with E-state index in [1.165, 1.54) is 18.3 Å². The summed E-state index contributed by atoms with van der Waals surface area (Å²) in [5, 5.41) is 0.616. The normalized spacial score (nSPS) is 11.3. The molecule has 0 amide bonds. The molecule has 7 heteroatoms. The third-order valence-electron chi connectivity index (χ3n) is 2.29. The summed E-state index contributed by atoms with van der Waals surface area (Å²) in [5.41, 5.74) is 0.841. The molecule has 0 saturated heterocycles. The van der Waals surface area contributed by atoms with E-state index in [0.29, 0.717) is 5.02 Å². The number of aromatic nitrogens is 1. The monoisotopic (exact) mass is 317 g/mol. The summed E-state index contributed by atoms with van der Waals surface area (Å²) in [7, 11) is 1.42. The van der Waals surface area contributed by atoms with Gasteiger partial charge in [-0.1, -0.05) is 23.7 Å². The Balaban J connectivity index is 2.18. The molecule has 0 aliphatic heterocycles. The van der Waals surface area contributed by atoms with Gasteiger partial charge in [0, 0.05) is 21.9 Å². The topological polar surface area (TPSA) is 56.3 Å². The summed E-state index contributed by atoms with van der Waals surface area (Å²) in [6.45, 7) is 0.174. The van der Waals surface area contributed by atoms with E-state index in [2.05, 4.69) is 4.98 Å². The highest BCUT2D eigenvalue weighted by atomic mass is 35.7. The molecule has 0 atom stereocenters. The van der Waals surface area contributed by atoms with Crippen LogP contribution in [0.25, 0.3) is 0 Å². The zero-order chi connectivity index (χ0) is 13.9. The molecular formula is C12H9Cl2NO3S. The average molecular weight is 318 g/mol. The second kappa shape index (κ2) is 5.77. The molecule has 0 spiro atoms. The van der Waals surface area contributed by atoms with Crippen molar-refractivity contribution in [3.63, 3.8) is 0 Å². The van der Waals surface area contributed by atoms with Crippen molar-refractivity contribution in [2.45, 2.75) is 11.5 Å². The standard InChI is InChI=1S/C12H9Cl2NO3S/c13-10-5-3-9(4-6-10)8-18-12-11(19(14,16)17)2-1-7-15-12/h1-7H,8H2. The summed E-state index contributed by atoms with van der Waals surface area (Å²) in [4.78, 5) is 3.72.